The minimum atomic E-state index is -0.967. The number of nitrogens with zero attached hydrogens (tertiary/aromatic N) is 1. The van der Waals surface area contributed by atoms with Gasteiger partial charge in [-0.05, 0) is 68.0 Å². The Morgan fingerprint density at radius 3 is 2.36 bits per heavy atom. The van der Waals surface area contributed by atoms with E-state index in [-0.39, 0.29) is 11.5 Å². The Morgan fingerprint density at radius 1 is 1.07 bits per heavy atom. The van der Waals surface area contributed by atoms with Crippen LogP contribution in [0, 0.1) is 6.92 Å². The van der Waals surface area contributed by atoms with Gasteiger partial charge in [-0.25, -0.2) is 4.79 Å². The highest BCUT2D eigenvalue weighted by Crippen LogP contribution is 2.35. The smallest absolute Gasteiger partial charge is 0.335 e. The lowest BCUT2D eigenvalue weighted by Gasteiger charge is -2.33. The third kappa shape index (κ3) is 4.35. The first-order valence-electron chi connectivity index (χ1n) is 9.97. The normalized spacial score (nSPS) is 15.1. The third-order valence-corrected chi connectivity index (χ3v) is 5.30. The van der Waals surface area contributed by atoms with Crippen molar-refractivity contribution in [3.05, 3.63) is 64.7 Å². The molecule has 1 aliphatic rings. The zero-order valence-electron chi connectivity index (χ0n) is 16.6. The second kappa shape index (κ2) is 8.91. The number of nitrogens with one attached hydrogen (secondary N) is 1. The maximum Gasteiger partial charge on any atom is 0.335 e. The monoisotopic (exact) mass is 380 g/mol. The van der Waals surface area contributed by atoms with Gasteiger partial charge in [0, 0.05) is 25.3 Å². The van der Waals surface area contributed by atoms with Gasteiger partial charge in [0.2, 0.25) is 5.91 Å². The van der Waals surface area contributed by atoms with E-state index in [4.69, 9.17) is 0 Å². The van der Waals surface area contributed by atoms with Crippen LogP contribution in [-0.2, 0) is 4.79 Å². The van der Waals surface area contributed by atoms with Gasteiger partial charge in [0.1, 0.15) is 0 Å². The van der Waals surface area contributed by atoms with Crippen molar-refractivity contribution in [2.24, 2.45) is 0 Å². The van der Waals surface area contributed by atoms with Gasteiger partial charge in [-0.3, -0.25) is 4.79 Å². The van der Waals surface area contributed by atoms with Crippen molar-refractivity contribution in [2.45, 2.75) is 39.0 Å². The first kappa shape index (κ1) is 19.9. The molecule has 1 saturated heterocycles. The summed E-state index contributed by atoms with van der Waals surface area (Å²) >= 11 is 0. The molecule has 0 aliphatic carbocycles. The van der Waals surface area contributed by atoms with E-state index in [0.29, 0.717) is 6.54 Å². The minimum Gasteiger partial charge on any atom is -0.478 e. The number of carboxylic acids is 1. The number of hydrogen-bond donors (Lipinski definition) is 2. The van der Waals surface area contributed by atoms with Crippen molar-refractivity contribution >= 4 is 17.6 Å². The average Bonchev–Trinajstić information content (AvgIpc) is 2.70. The molecule has 1 heterocycles. The molecule has 0 radical (unpaired) electrons. The van der Waals surface area contributed by atoms with Gasteiger partial charge in [0.25, 0.3) is 0 Å². The summed E-state index contributed by atoms with van der Waals surface area (Å²) in [5, 5.41) is 12.1. The number of benzene rings is 2. The van der Waals surface area contributed by atoms with Crippen LogP contribution in [0.3, 0.4) is 0 Å². The number of anilines is 1. The van der Waals surface area contributed by atoms with E-state index in [2.05, 4.69) is 23.2 Å². The van der Waals surface area contributed by atoms with Crippen LogP contribution in [0.15, 0.2) is 42.5 Å². The summed E-state index contributed by atoms with van der Waals surface area (Å²) in [6, 6.07) is 12.9. The van der Waals surface area contributed by atoms with Crippen LogP contribution in [0.1, 0.15) is 59.2 Å². The zero-order valence-corrected chi connectivity index (χ0v) is 16.6. The summed E-state index contributed by atoms with van der Waals surface area (Å²) < 4.78 is 0. The van der Waals surface area contributed by atoms with Crippen molar-refractivity contribution in [2.75, 3.05) is 24.5 Å². The van der Waals surface area contributed by atoms with Gasteiger partial charge in [-0.1, -0.05) is 24.3 Å². The summed E-state index contributed by atoms with van der Waals surface area (Å²) in [7, 11) is 0. The molecule has 5 heteroatoms. The molecule has 1 amide bonds. The van der Waals surface area contributed by atoms with E-state index in [1.807, 2.05) is 19.1 Å². The third-order valence-electron chi connectivity index (χ3n) is 5.30. The number of aromatic carboxylic acids is 1. The van der Waals surface area contributed by atoms with E-state index in [1.54, 1.807) is 24.3 Å². The molecule has 3 rings (SSSR count). The van der Waals surface area contributed by atoms with Gasteiger partial charge in [-0.2, -0.15) is 0 Å². The van der Waals surface area contributed by atoms with Crippen molar-refractivity contribution in [1.82, 2.24) is 5.32 Å². The quantitative estimate of drug-likeness (QED) is 0.796. The first-order chi connectivity index (χ1) is 13.5. The number of aryl methyl sites for hydroxylation is 1. The second-order valence-electron chi connectivity index (χ2n) is 7.36. The Hall–Kier alpha value is -2.82. The highest BCUT2D eigenvalue weighted by atomic mass is 16.4. The van der Waals surface area contributed by atoms with Crippen LogP contribution in [0.4, 0.5) is 5.69 Å². The molecular weight excluding hydrogens is 352 g/mol. The van der Waals surface area contributed by atoms with Crippen LogP contribution in [0.5, 0.6) is 0 Å². The highest BCUT2D eigenvalue weighted by molar-refractivity contribution is 5.90. The van der Waals surface area contributed by atoms with Gasteiger partial charge in [0.05, 0.1) is 11.5 Å². The van der Waals surface area contributed by atoms with E-state index >= 15 is 0 Å². The van der Waals surface area contributed by atoms with Crippen molar-refractivity contribution < 1.29 is 14.7 Å². The summed E-state index contributed by atoms with van der Waals surface area (Å²) in [6.07, 6.45) is 3.56. The number of carbonyl (C=O) groups is 2. The Morgan fingerprint density at radius 2 is 1.75 bits per heavy atom. The maximum atomic E-state index is 13.0. The predicted molar refractivity (Wildman–Crippen MR) is 111 cm³/mol. The predicted octanol–water partition coefficient (Wildman–Crippen LogP) is 3.95. The number of rotatable bonds is 6. The minimum absolute atomic E-state index is 0.0623. The lowest BCUT2D eigenvalue weighted by Crippen LogP contribution is -2.34. The standard InChI is InChI=1S/C23H28N2O3/c1-3-24-22(26)21(17-8-10-18(11-9-17)23(27)28)19-12-7-16(2)15-20(19)25-13-5-4-6-14-25/h7-12,15,21H,3-6,13-14H2,1-2H3,(H,24,26)(H,27,28). The lowest BCUT2D eigenvalue weighted by molar-refractivity contribution is -0.121. The molecule has 0 saturated carbocycles. The van der Waals surface area contributed by atoms with Crippen molar-refractivity contribution in [3.63, 3.8) is 0 Å². The molecule has 2 aromatic carbocycles. The van der Waals surface area contributed by atoms with Crippen LogP contribution in [0.2, 0.25) is 0 Å². The largest absolute Gasteiger partial charge is 0.478 e. The van der Waals surface area contributed by atoms with Gasteiger partial charge < -0.3 is 15.3 Å². The van der Waals surface area contributed by atoms with Gasteiger partial charge >= 0.3 is 5.97 Å². The zero-order chi connectivity index (χ0) is 20.1. The van der Waals surface area contributed by atoms with Gasteiger partial charge in [0.15, 0.2) is 0 Å². The molecule has 0 aromatic heterocycles. The second-order valence-corrected chi connectivity index (χ2v) is 7.36. The van der Waals surface area contributed by atoms with Crippen LogP contribution in [0.25, 0.3) is 0 Å². The average molecular weight is 380 g/mol. The number of hydrogen-bond acceptors (Lipinski definition) is 3. The van der Waals surface area contributed by atoms with E-state index < -0.39 is 11.9 Å². The summed E-state index contributed by atoms with van der Waals surface area (Å²) in [4.78, 5) is 26.6. The molecular formula is C23H28N2O3. The lowest BCUT2D eigenvalue weighted by atomic mass is 9.87. The fourth-order valence-electron chi connectivity index (χ4n) is 3.87. The number of piperidine rings is 1. The summed E-state index contributed by atoms with van der Waals surface area (Å²) in [5.74, 6) is -1.50. The first-order valence-corrected chi connectivity index (χ1v) is 9.97. The molecule has 1 atom stereocenters. The fourth-order valence-corrected chi connectivity index (χ4v) is 3.87. The summed E-state index contributed by atoms with van der Waals surface area (Å²) in [5.41, 5.74) is 4.27. The Balaban J connectivity index is 2.07. The molecule has 0 bridgehead atoms. The fraction of sp³-hybridized carbons (Fsp3) is 0.391. The topological polar surface area (TPSA) is 69.6 Å². The Labute approximate surface area is 166 Å². The SMILES string of the molecule is CCNC(=O)C(c1ccc(C(=O)O)cc1)c1ccc(C)cc1N1CCCCC1. The van der Waals surface area contributed by atoms with Crippen LogP contribution in [-0.4, -0.2) is 36.6 Å². The molecule has 0 spiro atoms. The Bertz CT molecular complexity index is 839. The maximum absolute atomic E-state index is 13.0. The van der Waals surface area contributed by atoms with E-state index in [0.717, 1.165) is 42.7 Å². The molecule has 1 fully saturated rings. The number of carboxylic acid groups (broad SMARTS) is 1. The van der Waals surface area contributed by atoms with E-state index in [9.17, 15) is 14.7 Å². The number of likely N-dealkylation sites (N-methyl/N-ethyl adjacent to an activating group) is 1. The molecule has 5 nitrogen and oxygen atoms in total. The number of carbonyl (C=O) groups excluding carboxylic acids is 1. The van der Waals surface area contributed by atoms with Crippen molar-refractivity contribution in [1.29, 1.82) is 0 Å². The molecule has 2 aromatic rings. The molecule has 1 aliphatic heterocycles. The summed E-state index contributed by atoms with van der Waals surface area (Å²) in [6.45, 7) is 6.52. The van der Waals surface area contributed by atoms with Crippen LogP contribution >= 0.6 is 0 Å². The van der Waals surface area contributed by atoms with E-state index in [1.165, 1.54) is 12.0 Å². The van der Waals surface area contributed by atoms with Gasteiger partial charge in [-0.15, -0.1) is 0 Å². The Kier molecular flexibility index (Phi) is 6.34. The molecule has 28 heavy (non-hydrogen) atoms. The van der Waals surface area contributed by atoms with Crippen molar-refractivity contribution in [3.8, 4) is 0 Å². The van der Waals surface area contributed by atoms with Crippen LogP contribution < -0.4 is 10.2 Å². The number of amides is 1. The molecule has 1 unspecified atom stereocenters. The molecule has 2 N–H and O–H groups in total. The molecule has 148 valence electrons. The highest BCUT2D eigenvalue weighted by Gasteiger charge is 2.27.